The summed E-state index contributed by atoms with van der Waals surface area (Å²) in [6.45, 7) is -0.370. The molecule has 0 aliphatic carbocycles. The van der Waals surface area contributed by atoms with Crippen LogP contribution in [0.3, 0.4) is 0 Å². The van der Waals surface area contributed by atoms with Crippen LogP contribution in [0.25, 0.3) is 0 Å². The smallest absolute Gasteiger partial charge is 0.138 e. The van der Waals surface area contributed by atoms with E-state index in [9.17, 15) is 0 Å². The molecular formula is C23H24O2. The van der Waals surface area contributed by atoms with Crippen molar-refractivity contribution in [1.82, 2.24) is 0 Å². The first-order valence-electron chi connectivity index (χ1n) is 8.33. The van der Waals surface area contributed by atoms with E-state index in [0.29, 0.717) is 6.42 Å². The van der Waals surface area contributed by atoms with Crippen molar-refractivity contribution in [3.8, 4) is 59.7 Å². The van der Waals surface area contributed by atoms with Crippen LogP contribution >= 0.6 is 0 Å². The lowest BCUT2D eigenvalue weighted by Gasteiger charge is -1.90. The van der Waals surface area contributed by atoms with Crippen molar-refractivity contribution in [2.45, 2.75) is 51.0 Å². The van der Waals surface area contributed by atoms with E-state index in [-0.39, 0.29) is 6.61 Å². The summed E-state index contributed by atoms with van der Waals surface area (Å²) < 4.78 is 0. The van der Waals surface area contributed by atoms with Crippen LogP contribution in [0.15, 0.2) is 24.3 Å². The monoisotopic (exact) mass is 332 g/mol. The summed E-state index contributed by atoms with van der Waals surface area (Å²) in [6, 6.07) is 0. The van der Waals surface area contributed by atoms with E-state index < -0.39 is 6.10 Å². The van der Waals surface area contributed by atoms with Crippen LogP contribution in [0.5, 0.6) is 0 Å². The van der Waals surface area contributed by atoms with Crippen LogP contribution in [0.2, 0.25) is 0 Å². The van der Waals surface area contributed by atoms with Crippen molar-refractivity contribution in [2.75, 3.05) is 6.61 Å². The zero-order valence-electron chi connectivity index (χ0n) is 14.5. The normalized spacial score (nSPS) is 10.3. The van der Waals surface area contributed by atoms with E-state index in [0.717, 1.165) is 38.5 Å². The Morgan fingerprint density at radius 3 is 2.12 bits per heavy atom. The Labute approximate surface area is 152 Å². The molecule has 0 amide bonds. The van der Waals surface area contributed by atoms with Gasteiger partial charge < -0.3 is 10.2 Å². The highest BCUT2D eigenvalue weighted by Gasteiger charge is 1.90. The molecule has 0 fully saturated rings. The lowest BCUT2D eigenvalue weighted by Crippen LogP contribution is -2.07. The van der Waals surface area contributed by atoms with Crippen molar-refractivity contribution in [2.24, 2.45) is 0 Å². The fourth-order valence-electron chi connectivity index (χ4n) is 1.54. The molecular weight excluding hydrogens is 308 g/mol. The van der Waals surface area contributed by atoms with Crippen LogP contribution in [0.4, 0.5) is 0 Å². The summed E-state index contributed by atoms with van der Waals surface area (Å²) in [5.74, 6) is 24.3. The van der Waals surface area contributed by atoms with Gasteiger partial charge in [0, 0.05) is 12.8 Å². The molecule has 0 saturated carbocycles. The first-order chi connectivity index (χ1) is 12.3. The van der Waals surface area contributed by atoms with E-state index in [4.69, 9.17) is 16.6 Å². The molecule has 2 heteroatoms. The van der Waals surface area contributed by atoms with E-state index in [1.54, 1.807) is 6.08 Å². The van der Waals surface area contributed by atoms with Crippen molar-refractivity contribution in [1.29, 1.82) is 0 Å². The van der Waals surface area contributed by atoms with E-state index in [1.807, 2.05) is 12.2 Å². The lowest BCUT2D eigenvalue weighted by atomic mass is 10.2. The molecule has 0 unspecified atom stereocenters. The molecule has 1 atom stereocenters. The Kier molecular flexibility index (Phi) is 17.1. The number of terminal acetylenes is 1. The zero-order chi connectivity index (χ0) is 18.4. The highest BCUT2D eigenvalue weighted by molar-refractivity contribution is 5.31. The molecule has 0 aromatic heterocycles. The van der Waals surface area contributed by atoms with Crippen LogP contribution < -0.4 is 0 Å². The molecule has 128 valence electrons. The number of unbranched alkanes of at least 4 members (excludes halogenated alkanes) is 5. The van der Waals surface area contributed by atoms with Crippen LogP contribution in [0, 0.1) is 59.7 Å². The van der Waals surface area contributed by atoms with Gasteiger partial charge in [0.25, 0.3) is 0 Å². The second kappa shape index (κ2) is 19.2. The van der Waals surface area contributed by atoms with E-state index in [2.05, 4.69) is 59.4 Å². The summed E-state index contributed by atoms with van der Waals surface area (Å²) in [4.78, 5) is 0. The molecule has 0 aromatic rings. The third kappa shape index (κ3) is 19.2. The number of aliphatic hydroxyl groups is 2. The van der Waals surface area contributed by atoms with Gasteiger partial charge in [0.05, 0.1) is 6.61 Å². The predicted octanol–water partition coefficient (Wildman–Crippen LogP) is 2.83. The van der Waals surface area contributed by atoms with Crippen LogP contribution in [-0.4, -0.2) is 22.9 Å². The Bertz CT molecular complexity index is 689. The van der Waals surface area contributed by atoms with Gasteiger partial charge in [0.2, 0.25) is 0 Å². The number of hydrogen-bond donors (Lipinski definition) is 2. The minimum Gasteiger partial charge on any atom is -0.393 e. The molecule has 0 aromatic carbocycles. The standard InChI is InChI=1S/C23H24O2/c1-2-3-4-5-6-7-8-9-10-11-12-13-14-15-16-17-18-19-20-21-23(25)22-24/h1,3-4,9-10,23-25H,5-8,15-17,22H2/b4-3-,10-9-/t23-/m1/s1. The highest BCUT2D eigenvalue weighted by Crippen LogP contribution is 2.01. The molecule has 0 radical (unpaired) electrons. The maximum atomic E-state index is 8.97. The minimum atomic E-state index is -1.01. The van der Waals surface area contributed by atoms with Crippen molar-refractivity contribution in [3.05, 3.63) is 24.3 Å². The Hall–Kier alpha value is -2.80. The van der Waals surface area contributed by atoms with Gasteiger partial charge >= 0.3 is 0 Å². The molecule has 0 aliphatic heterocycles. The third-order valence-electron chi connectivity index (χ3n) is 2.80. The first kappa shape index (κ1) is 22.2. The first-order valence-corrected chi connectivity index (χ1v) is 8.33. The average molecular weight is 332 g/mol. The maximum Gasteiger partial charge on any atom is 0.138 e. The minimum absolute atomic E-state index is 0.370. The second-order valence-corrected chi connectivity index (χ2v) is 4.95. The van der Waals surface area contributed by atoms with Crippen LogP contribution in [0.1, 0.15) is 44.9 Å². The second-order valence-electron chi connectivity index (χ2n) is 4.95. The molecule has 0 aliphatic rings. The van der Waals surface area contributed by atoms with Gasteiger partial charge in [0.15, 0.2) is 0 Å². The summed E-state index contributed by atoms with van der Waals surface area (Å²) in [5, 5.41) is 17.5. The zero-order valence-corrected chi connectivity index (χ0v) is 14.5. The maximum absolute atomic E-state index is 8.97. The molecule has 2 N–H and O–H groups in total. The fraction of sp³-hybridized carbons (Fsp3) is 0.391. The number of hydrogen-bond acceptors (Lipinski definition) is 2. The number of rotatable bonds is 8. The Balaban J connectivity index is 3.68. The highest BCUT2D eigenvalue weighted by atomic mass is 16.3. The van der Waals surface area contributed by atoms with Gasteiger partial charge in [-0.15, -0.1) is 6.42 Å². The number of allylic oxidation sites excluding steroid dienone is 4. The molecule has 0 spiro atoms. The quantitative estimate of drug-likeness (QED) is 0.530. The van der Waals surface area contributed by atoms with Crippen molar-refractivity contribution < 1.29 is 10.2 Å². The molecule has 0 heterocycles. The molecule has 0 saturated heterocycles. The average Bonchev–Trinajstić information content (AvgIpc) is 2.63. The van der Waals surface area contributed by atoms with Gasteiger partial charge in [-0.3, -0.25) is 0 Å². The molecule has 25 heavy (non-hydrogen) atoms. The van der Waals surface area contributed by atoms with Gasteiger partial charge in [-0.05, 0) is 67.9 Å². The summed E-state index contributed by atoms with van der Waals surface area (Å²) >= 11 is 0. The Morgan fingerprint density at radius 2 is 1.48 bits per heavy atom. The number of aliphatic hydroxyl groups excluding tert-OH is 2. The summed E-state index contributed by atoms with van der Waals surface area (Å²) in [6.07, 6.45) is 18.4. The van der Waals surface area contributed by atoms with Gasteiger partial charge in [0.1, 0.15) is 6.10 Å². The van der Waals surface area contributed by atoms with Crippen molar-refractivity contribution >= 4 is 0 Å². The molecule has 2 nitrogen and oxygen atoms in total. The van der Waals surface area contributed by atoms with Gasteiger partial charge in [-0.1, -0.05) is 41.8 Å². The third-order valence-corrected chi connectivity index (χ3v) is 2.80. The summed E-state index contributed by atoms with van der Waals surface area (Å²) in [5.41, 5.74) is 0. The van der Waals surface area contributed by atoms with Crippen molar-refractivity contribution in [3.63, 3.8) is 0 Å². The van der Waals surface area contributed by atoms with E-state index in [1.165, 1.54) is 0 Å². The topological polar surface area (TPSA) is 40.5 Å². The molecule has 0 rings (SSSR count). The SMILES string of the molecule is C#C/C=C\CCCC/C=C\C#CC#CCCCC#CC#C[C@@H](O)CO. The fourth-order valence-corrected chi connectivity index (χ4v) is 1.54. The van der Waals surface area contributed by atoms with Gasteiger partial charge in [-0.2, -0.15) is 0 Å². The lowest BCUT2D eigenvalue weighted by molar-refractivity contribution is 0.138. The Morgan fingerprint density at radius 1 is 0.840 bits per heavy atom. The largest absolute Gasteiger partial charge is 0.393 e. The van der Waals surface area contributed by atoms with Gasteiger partial charge in [-0.25, -0.2) is 0 Å². The molecule has 0 bridgehead atoms. The van der Waals surface area contributed by atoms with Crippen LogP contribution in [-0.2, 0) is 0 Å². The van der Waals surface area contributed by atoms with E-state index >= 15 is 0 Å². The predicted molar refractivity (Wildman–Crippen MR) is 104 cm³/mol. The summed E-state index contributed by atoms with van der Waals surface area (Å²) in [7, 11) is 0.